The Balaban J connectivity index is 2.27. The monoisotopic (exact) mass is 352 g/mol. The predicted molar refractivity (Wildman–Crippen MR) is 79.9 cm³/mol. The maximum Gasteiger partial charge on any atom is 0.274 e. The number of nitrogens with zero attached hydrogens (tertiary/aromatic N) is 1. The number of benzene rings is 2. The van der Waals surface area contributed by atoms with Gasteiger partial charge in [0.1, 0.15) is 5.82 Å². The number of rotatable bonds is 3. The van der Waals surface area contributed by atoms with Gasteiger partial charge in [-0.05, 0) is 47.1 Å². The molecule has 0 saturated heterocycles. The molecule has 0 unspecified atom stereocenters. The van der Waals surface area contributed by atoms with E-state index in [0.29, 0.717) is 15.7 Å². The van der Waals surface area contributed by atoms with E-state index in [0.717, 1.165) is 6.07 Å². The molecule has 2 aromatic carbocycles. The van der Waals surface area contributed by atoms with E-state index >= 15 is 0 Å². The molecule has 0 saturated carbocycles. The van der Waals surface area contributed by atoms with E-state index < -0.39 is 16.6 Å². The number of halogens is 2. The van der Waals surface area contributed by atoms with Gasteiger partial charge >= 0.3 is 0 Å². The van der Waals surface area contributed by atoms with Crippen molar-refractivity contribution in [2.75, 3.05) is 5.32 Å². The fourth-order valence-electron chi connectivity index (χ4n) is 1.76. The van der Waals surface area contributed by atoms with Gasteiger partial charge < -0.3 is 5.32 Å². The van der Waals surface area contributed by atoms with E-state index in [9.17, 15) is 19.3 Å². The third kappa shape index (κ3) is 3.43. The molecule has 2 aromatic rings. The molecule has 0 aliphatic rings. The Bertz CT molecular complexity index is 734. The van der Waals surface area contributed by atoms with Gasteiger partial charge in [0.25, 0.3) is 11.6 Å². The van der Waals surface area contributed by atoms with E-state index in [1.54, 1.807) is 19.1 Å². The summed E-state index contributed by atoms with van der Waals surface area (Å²) in [6.45, 7) is 1.61. The summed E-state index contributed by atoms with van der Waals surface area (Å²) in [5.74, 6) is -0.954. The molecule has 7 heteroatoms. The van der Waals surface area contributed by atoms with Crippen LogP contribution in [0.15, 0.2) is 40.9 Å². The lowest BCUT2D eigenvalue weighted by Crippen LogP contribution is -2.13. The molecule has 108 valence electrons. The molecule has 0 atom stereocenters. The zero-order valence-electron chi connectivity index (χ0n) is 10.9. The van der Waals surface area contributed by atoms with Gasteiger partial charge in [0.2, 0.25) is 0 Å². The Labute approximate surface area is 128 Å². The van der Waals surface area contributed by atoms with E-state index in [1.807, 2.05) is 0 Å². The van der Waals surface area contributed by atoms with Crippen LogP contribution in [0.2, 0.25) is 0 Å². The zero-order valence-corrected chi connectivity index (χ0v) is 12.5. The molecule has 0 aliphatic carbocycles. The topological polar surface area (TPSA) is 72.2 Å². The molecule has 0 fully saturated rings. The van der Waals surface area contributed by atoms with Gasteiger partial charge in [-0.15, -0.1) is 0 Å². The first-order valence-corrected chi connectivity index (χ1v) is 6.69. The molecule has 2 rings (SSSR count). The third-order valence-corrected chi connectivity index (χ3v) is 3.50. The van der Waals surface area contributed by atoms with E-state index in [4.69, 9.17) is 0 Å². The van der Waals surface area contributed by atoms with Gasteiger partial charge in [-0.2, -0.15) is 0 Å². The predicted octanol–water partition coefficient (Wildman–Crippen LogP) is 4.06. The lowest BCUT2D eigenvalue weighted by molar-refractivity contribution is -0.385. The first-order valence-electron chi connectivity index (χ1n) is 5.90. The molecule has 21 heavy (non-hydrogen) atoms. The van der Waals surface area contributed by atoms with Crippen LogP contribution < -0.4 is 5.32 Å². The van der Waals surface area contributed by atoms with Gasteiger partial charge in [-0.25, -0.2) is 4.39 Å². The number of carbonyl (C=O) groups excluding carboxylic acids is 1. The lowest BCUT2D eigenvalue weighted by Gasteiger charge is -2.07. The van der Waals surface area contributed by atoms with Crippen molar-refractivity contribution in [3.05, 3.63) is 67.9 Å². The number of hydrogen-bond acceptors (Lipinski definition) is 3. The average Bonchev–Trinajstić information content (AvgIpc) is 2.40. The summed E-state index contributed by atoms with van der Waals surface area (Å²) >= 11 is 3.10. The van der Waals surface area contributed by atoms with E-state index in [-0.39, 0.29) is 11.3 Å². The van der Waals surface area contributed by atoms with Crippen LogP contribution in [0.1, 0.15) is 15.9 Å². The second-order valence-corrected chi connectivity index (χ2v) is 5.19. The van der Waals surface area contributed by atoms with Crippen molar-refractivity contribution in [1.82, 2.24) is 0 Å². The molecular formula is C14H10BrFN2O3. The van der Waals surface area contributed by atoms with Crippen LogP contribution in [-0.2, 0) is 0 Å². The van der Waals surface area contributed by atoms with Crippen LogP contribution in [-0.4, -0.2) is 10.8 Å². The SMILES string of the molecule is Cc1ccc(NC(=O)c2ccc(F)cc2Br)cc1[N+](=O)[O-]. The standard InChI is InChI=1S/C14H10BrFN2O3/c1-8-2-4-10(7-13(8)18(20)21)17-14(19)11-5-3-9(16)6-12(11)15/h2-7H,1H3,(H,17,19). The summed E-state index contributed by atoms with van der Waals surface area (Å²) in [7, 11) is 0. The van der Waals surface area contributed by atoms with Crippen molar-refractivity contribution in [3.63, 3.8) is 0 Å². The first-order chi connectivity index (χ1) is 9.88. The molecule has 0 bridgehead atoms. The minimum atomic E-state index is -0.515. The van der Waals surface area contributed by atoms with Gasteiger partial charge in [-0.3, -0.25) is 14.9 Å². The lowest BCUT2D eigenvalue weighted by atomic mass is 10.1. The third-order valence-electron chi connectivity index (χ3n) is 2.84. The molecule has 5 nitrogen and oxygen atoms in total. The number of nitro groups is 1. The summed E-state index contributed by atoms with van der Waals surface area (Å²) in [6.07, 6.45) is 0. The molecule has 0 radical (unpaired) electrons. The molecule has 0 aromatic heterocycles. The smallest absolute Gasteiger partial charge is 0.274 e. The van der Waals surface area contributed by atoms with Crippen molar-refractivity contribution in [3.8, 4) is 0 Å². The van der Waals surface area contributed by atoms with Crippen LogP contribution in [0.3, 0.4) is 0 Å². The molecule has 0 spiro atoms. The van der Waals surface area contributed by atoms with Crippen molar-refractivity contribution in [2.24, 2.45) is 0 Å². The first kappa shape index (κ1) is 15.1. The fourth-order valence-corrected chi connectivity index (χ4v) is 2.29. The fraction of sp³-hybridized carbons (Fsp3) is 0.0714. The van der Waals surface area contributed by atoms with Crippen molar-refractivity contribution in [1.29, 1.82) is 0 Å². The summed E-state index contributed by atoms with van der Waals surface area (Å²) in [5, 5.41) is 13.4. The summed E-state index contributed by atoms with van der Waals surface area (Å²) in [5.41, 5.74) is 0.958. The molecular weight excluding hydrogens is 343 g/mol. The normalized spacial score (nSPS) is 10.2. The largest absolute Gasteiger partial charge is 0.322 e. The Hall–Kier alpha value is -2.28. The second-order valence-electron chi connectivity index (χ2n) is 4.34. The summed E-state index contributed by atoms with van der Waals surface area (Å²) < 4.78 is 13.3. The number of nitro benzene ring substituents is 1. The quantitative estimate of drug-likeness (QED) is 0.668. The van der Waals surface area contributed by atoms with Gasteiger partial charge in [0.15, 0.2) is 0 Å². The highest BCUT2D eigenvalue weighted by Crippen LogP contribution is 2.24. The Morgan fingerprint density at radius 3 is 2.62 bits per heavy atom. The number of nitrogens with one attached hydrogen (secondary N) is 1. The highest BCUT2D eigenvalue weighted by Gasteiger charge is 2.14. The highest BCUT2D eigenvalue weighted by molar-refractivity contribution is 9.10. The highest BCUT2D eigenvalue weighted by atomic mass is 79.9. The zero-order chi connectivity index (χ0) is 15.6. The number of amides is 1. The van der Waals surface area contributed by atoms with E-state index in [2.05, 4.69) is 21.2 Å². The summed E-state index contributed by atoms with van der Waals surface area (Å²) in [4.78, 5) is 22.4. The van der Waals surface area contributed by atoms with Crippen molar-refractivity contribution >= 4 is 33.2 Å². The molecule has 1 N–H and O–H groups in total. The Morgan fingerprint density at radius 1 is 1.29 bits per heavy atom. The van der Waals surface area contributed by atoms with Crippen molar-refractivity contribution in [2.45, 2.75) is 6.92 Å². The maximum absolute atomic E-state index is 13.0. The van der Waals surface area contributed by atoms with E-state index in [1.165, 1.54) is 18.2 Å². The number of carbonyl (C=O) groups is 1. The Kier molecular flexibility index (Phi) is 4.32. The van der Waals surface area contributed by atoms with Crippen LogP contribution in [0.5, 0.6) is 0 Å². The number of aryl methyl sites for hydroxylation is 1. The summed E-state index contributed by atoms with van der Waals surface area (Å²) in [6, 6.07) is 8.07. The second kappa shape index (κ2) is 6.01. The van der Waals surface area contributed by atoms with Gasteiger partial charge in [-0.1, -0.05) is 6.07 Å². The Morgan fingerprint density at radius 2 is 2.00 bits per heavy atom. The number of hydrogen-bond donors (Lipinski definition) is 1. The van der Waals surface area contributed by atoms with Gasteiger partial charge in [0.05, 0.1) is 10.5 Å². The minimum absolute atomic E-state index is 0.0778. The molecule has 1 amide bonds. The van der Waals surface area contributed by atoms with Crippen LogP contribution in [0.25, 0.3) is 0 Å². The molecule has 0 heterocycles. The van der Waals surface area contributed by atoms with Crippen LogP contribution >= 0.6 is 15.9 Å². The number of anilines is 1. The maximum atomic E-state index is 13.0. The van der Waals surface area contributed by atoms with Crippen LogP contribution in [0.4, 0.5) is 15.8 Å². The van der Waals surface area contributed by atoms with Gasteiger partial charge in [0, 0.05) is 21.8 Å². The average molecular weight is 353 g/mol. The van der Waals surface area contributed by atoms with Crippen LogP contribution in [0, 0.1) is 22.9 Å². The minimum Gasteiger partial charge on any atom is -0.322 e. The molecule has 0 aliphatic heterocycles. The van der Waals surface area contributed by atoms with Crippen molar-refractivity contribution < 1.29 is 14.1 Å².